The van der Waals surface area contributed by atoms with Gasteiger partial charge in [-0.05, 0) is 47.4 Å². The number of thiophene rings is 1. The summed E-state index contributed by atoms with van der Waals surface area (Å²) in [5.74, 6) is 0.512. The highest BCUT2D eigenvalue weighted by Crippen LogP contribution is 2.22. The molecule has 0 fully saturated rings. The molecule has 0 amide bonds. The van der Waals surface area contributed by atoms with E-state index in [1.165, 1.54) is 15.9 Å². The summed E-state index contributed by atoms with van der Waals surface area (Å²) in [6.07, 6.45) is 5.48. The van der Waals surface area contributed by atoms with Crippen molar-refractivity contribution in [1.82, 2.24) is 14.6 Å². The van der Waals surface area contributed by atoms with E-state index >= 15 is 0 Å². The number of benzene rings is 1. The first-order valence-corrected chi connectivity index (χ1v) is 9.63. The maximum atomic E-state index is 12.5. The lowest BCUT2D eigenvalue weighted by atomic mass is 10.2. The first-order chi connectivity index (χ1) is 12.1. The van der Waals surface area contributed by atoms with Crippen molar-refractivity contribution >= 4 is 69.1 Å². The Balaban J connectivity index is 1.71. The summed E-state index contributed by atoms with van der Waals surface area (Å²) in [5.41, 5.74) is 0.600. The molecule has 3 aromatic heterocycles. The van der Waals surface area contributed by atoms with Gasteiger partial charge in [0.1, 0.15) is 0 Å². The molecule has 124 valence electrons. The summed E-state index contributed by atoms with van der Waals surface area (Å²) < 4.78 is 1.87. The molecule has 0 spiro atoms. The van der Waals surface area contributed by atoms with Crippen LogP contribution in [0.1, 0.15) is 16.3 Å². The van der Waals surface area contributed by atoms with E-state index in [4.69, 9.17) is 23.2 Å². The van der Waals surface area contributed by atoms with Crippen molar-refractivity contribution in [1.29, 1.82) is 0 Å². The lowest BCUT2D eigenvalue weighted by Gasteiger charge is -1.96. The van der Waals surface area contributed by atoms with Crippen LogP contribution in [0.3, 0.4) is 0 Å². The fraction of sp³-hybridized carbons (Fsp3) is 0. The third kappa shape index (κ3) is 3.39. The second-order valence-electron chi connectivity index (χ2n) is 5.10. The summed E-state index contributed by atoms with van der Waals surface area (Å²) in [6.45, 7) is 0. The molecular formula is C17H9Cl2N3OS2. The van der Waals surface area contributed by atoms with Crippen molar-refractivity contribution in [2.75, 3.05) is 0 Å². The summed E-state index contributed by atoms with van der Waals surface area (Å²) in [5, 5.41) is 7.18. The van der Waals surface area contributed by atoms with Gasteiger partial charge in [-0.25, -0.2) is 0 Å². The number of aromatic nitrogens is 3. The van der Waals surface area contributed by atoms with E-state index in [9.17, 15) is 4.79 Å². The fourth-order valence-electron chi connectivity index (χ4n) is 2.22. The van der Waals surface area contributed by atoms with Crippen molar-refractivity contribution in [3.63, 3.8) is 0 Å². The Morgan fingerprint density at radius 1 is 1.12 bits per heavy atom. The van der Waals surface area contributed by atoms with Crippen LogP contribution in [-0.2, 0) is 0 Å². The highest BCUT2D eigenvalue weighted by atomic mass is 35.5. The van der Waals surface area contributed by atoms with Crippen LogP contribution in [0, 0.1) is 0 Å². The second-order valence-corrected chi connectivity index (χ2v) is 7.91. The number of thiazole rings is 1. The summed E-state index contributed by atoms with van der Waals surface area (Å²) in [4.78, 5) is 18.5. The van der Waals surface area contributed by atoms with Crippen molar-refractivity contribution < 1.29 is 0 Å². The predicted molar refractivity (Wildman–Crippen MR) is 106 cm³/mol. The molecule has 25 heavy (non-hydrogen) atoms. The molecule has 0 radical (unpaired) electrons. The minimum absolute atomic E-state index is 0.200. The van der Waals surface area contributed by atoms with Crippen LogP contribution < -0.4 is 10.1 Å². The average molecular weight is 406 g/mol. The van der Waals surface area contributed by atoms with Crippen molar-refractivity contribution in [2.24, 2.45) is 0 Å². The average Bonchev–Trinajstić information content (AvgIpc) is 3.29. The van der Waals surface area contributed by atoms with Gasteiger partial charge in [0.05, 0.1) is 14.6 Å². The number of hydrogen-bond acceptors (Lipinski definition) is 5. The van der Waals surface area contributed by atoms with Gasteiger partial charge in [0.15, 0.2) is 5.82 Å². The Hall–Kier alpha value is -1.99. The minimum Gasteiger partial charge on any atom is -0.266 e. The third-order valence-electron chi connectivity index (χ3n) is 3.38. The fourth-order valence-corrected chi connectivity index (χ4v) is 4.06. The van der Waals surface area contributed by atoms with E-state index in [1.807, 2.05) is 23.6 Å². The molecule has 0 saturated heterocycles. The molecule has 0 bridgehead atoms. The van der Waals surface area contributed by atoms with E-state index in [0.29, 0.717) is 25.4 Å². The number of rotatable bonds is 3. The van der Waals surface area contributed by atoms with Gasteiger partial charge in [0.2, 0.25) is 4.96 Å². The van der Waals surface area contributed by atoms with E-state index in [0.717, 1.165) is 10.4 Å². The topological polar surface area (TPSA) is 47.3 Å². The van der Waals surface area contributed by atoms with Gasteiger partial charge < -0.3 is 0 Å². The van der Waals surface area contributed by atoms with Gasteiger partial charge in [-0.15, -0.1) is 16.4 Å². The summed E-state index contributed by atoms with van der Waals surface area (Å²) in [6, 6.07) is 9.20. The van der Waals surface area contributed by atoms with Crippen LogP contribution in [0.4, 0.5) is 0 Å². The van der Waals surface area contributed by atoms with Gasteiger partial charge in [-0.3, -0.25) is 4.79 Å². The van der Waals surface area contributed by atoms with Crippen LogP contribution >= 0.6 is 45.9 Å². The quantitative estimate of drug-likeness (QED) is 0.512. The molecule has 0 aliphatic carbocycles. The van der Waals surface area contributed by atoms with Gasteiger partial charge in [0, 0.05) is 4.88 Å². The molecule has 1 aromatic carbocycles. The number of fused-ring (bicyclic) bond motifs is 1. The lowest BCUT2D eigenvalue weighted by molar-refractivity contribution is 0.925. The smallest absolute Gasteiger partial charge is 0.266 e. The zero-order chi connectivity index (χ0) is 17.4. The van der Waals surface area contributed by atoms with Crippen LogP contribution in [-0.4, -0.2) is 14.6 Å². The monoisotopic (exact) mass is 405 g/mol. The molecule has 0 atom stereocenters. The first kappa shape index (κ1) is 16.5. The lowest BCUT2D eigenvalue weighted by Crippen LogP contribution is -2.23. The zero-order valence-electron chi connectivity index (χ0n) is 12.5. The maximum absolute atomic E-state index is 12.5. The Kier molecular flexibility index (Phi) is 4.43. The van der Waals surface area contributed by atoms with E-state index in [2.05, 4.69) is 10.1 Å². The molecule has 0 saturated carbocycles. The summed E-state index contributed by atoms with van der Waals surface area (Å²) in [7, 11) is 0. The van der Waals surface area contributed by atoms with Gasteiger partial charge >= 0.3 is 0 Å². The third-order valence-corrected chi connectivity index (χ3v) is 5.92. The Bertz CT molecular complexity index is 1190. The SMILES string of the molecule is O=c1/c(=C\c2ccc(Cl)c(Cl)c2)sc2nc(/C=C/c3cccs3)nn12. The van der Waals surface area contributed by atoms with Gasteiger partial charge in [-0.1, -0.05) is 46.7 Å². The number of nitrogens with zero attached hydrogens (tertiary/aromatic N) is 3. The molecule has 0 aliphatic rings. The predicted octanol–water partition coefficient (Wildman–Crippen LogP) is 4.24. The highest BCUT2D eigenvalue weighted by Gasteiger charge is 2.09. The van der Waals surface area contributed by atoms with E-state index < -0.39 is 0 Å². The van der Waals surface area contributed by atoms with E-state index in [-0.39, 0.29) is 5.56 Å². The zero-order valence-corrected chi connectivity index (χ0v) is 15.7. The summed E-state index contributed by atoms with van der Waals surface area (Å²) >= 11 is 14.8. The molecule has 3 heterocycles. The molecule has 0 unspecified atom stereocenters. The van der Waals surface area contributed by atoms with Crippen LogP contribution in [0.15, 0.2) is 40.5 Å². The number of hydrogen-bond donors (Lipinski definition) is 0. The van der Waals surface area contributed by atoms with Crippen LogP contribution in [0.2, 0.25) is 10.0 Å². The maximum Gasteiger partial charge on any atom is 0.291 e. The van der Waals surface area contributed by atoms with Crippen LogP contribution in [0.5, 0.6) is 0 Å². The second kappa shape index (κ2) is 6.72. The molecule has 4 aromatic rings. The standard InChI is InChI=1S/C17H9Cl2N3OS2/c18-12-5-3-10(8-13(12)19)9-14-16(23)22-17(25-14)20-15(21-22)6-4-11-2-1-7-24-11/h1-9H/b6-4+,14-9+. The van der Waals surface area contributed by atoms with Crippen molar-refractivity contribution in [2.45, 2.75) is 0 Å². The Morgan fingerprint density at radius 2 is 2.00 bits per heavy atom. The molecule has 0 aliphatic heterocycles. The molecule has 4 nitrogen and oxygen atoms in total. The van der Waals surface area contributed by atoms with Crippen molar-refractivity contribution in [3.05, 3.63) is 76.9 Å². The Labute approximate surface area is 160 Å². The molecule has 0 N–H and O–H groups in total. The van der Waals surface area contributed by atoms with E-state index in [1.54, 1.807) is 41.7 Å². The van der Waals surface area contributed by atoms with Crippen molar-refractivity contribution in [3.8, 4) is 0 Å². The van der Waals surface area contributed by atoms with Gasteiger partial charge in [0.25, 0.3) is 5.56 Å². The molecular weight excluding hydrogens is 397 g/mol. The van der Waals surface area contributed by atoms with Crippen LogP contribution in [0.25, 0.3) is 23.2 Å². The largest absolute Gasteiger partial charge is 0.291 e. The first-order valence-electron chi connectivity index (χ1n) is 7.18. The van der Waals surface area contributed by atoms with Gasteiger partial charge in [-0.2, -0.15) is 9.50 Å². The highest BCUT2D eigenvalue weighted by molar-refractivity contribution is 7.15. The molecule has 4 rings (SSSR count). The number of halogens is 2. The minimum atomic E-state index is -0.200. The normalized spacial score (nSPS) is 12.6. The Morgan fingerprint density at radius 3 is 2.72 bits per heavy atom. The molecule has 8 heteroatoms.